The molecule has 0 aliphatic heterocycles. The summed E-state index contributed by atoms with van der Waals surface area (Å²) in [6, 6.07) is 19.2. The van der Waals surface area contributed by atoms with Crippen molar-refractivity contribution >= 4 is 17.5 Å². The Morgan fingerprint density at radius 3 is 2.45 bits per heavy atom. The maximum absolute atomic E-state index is 12.5. The molecule has 0 saturated carbocycles. The van der Waals surface area contributed by atoms with Crippen LogP contribution in [0.3, 0.4) is 0 Å². The molecule has 0 amide bonds. The minimum atomic E-state index is -0.328. The van der Waals surface area contributed by atoms with Gasteiger partial charge in [-0.05, 0) is 42.5 Å². The van der Waals surface area contributed by atoms with E-state index in [9.17, 15) is 15.0 Å². The Hall–Kier alpha value is -3.65. The van der Waals surface area contributed by atoms with Crippen molar-refractivity contribution in [2.45, 2.75) is 5.16 Å². The van der Waals surface area contributed by atoms with Crippen molar-refractivity contribution in [3.05, 3.63) is 78.5 Å². The number of phenols is 2. The first-order valence-electron chi connectivity index (χ1n) is 8.73. The molecule has 4 aromatic rings. The molecule has 2 aromatic heterocycles. The van der Waals surface area contributed by atoms with Gasteiger partial charge in [0.2, 0.25) is 0 Å². The minimum Gasteiger partial charge on any atom is -0.504 e. The number of nitrogens with zero attached hydrogens (tertiary/aromatic N) is 4. The van der Waals surface area contributed by atoms with Crippen molar-refractivity contribution in [3.8, 4) is 28.7 Å². The monoisotopic (exact) mass is 404 g/mol. The number of carbonyl (C=O) groups excluding carboxylic acids is 1. The van der Waals surface area contributed by atoms with Gasteiger partial charge in [-0.3, -0.25) is 14.3 Å². The molecule has 4 rings (SSSR count). The minimum absolute atomic E-state index is 0.0946. The number of thioether (sulfide) groups is 1. The molecule has 2 heterocycles. The normalized spacial score (nSPS) is 10.8. The number of hydrogen-bond acceptors (Lipinski definition) is 7. The third-order valence-corrected chi connectivity index (χ3v) is 5.10. The van der Waals surface area contributed by atoms with Crippen LogP contribution in [0.2, 0.25) is 0 Å². The third-order valence-electron chi connectivity index (χ3n) is 4.17. The van der Waals surface area contributed by atoms with Gasteiger partial charge in [0, 0.05) is 17.4 Å². The van der Waals surface area contributed by atoms with Gasteiger partial charge in [-0.2, -0.15) is 0 Å². The smallest absolute Gasteiger partial charge is 0.196 e. The van der Waals surface area contributed by atoms with Crippen molar-refractivity contribution in [1.82, 2.24) is 19.7 Å². The molecule has 0 radical (unpaired) electrons. The highest BCUT2D eigenvalue weighted by atomic mass is 32.2. The number of ketones is 1. The fourth-order valence-corrected chi connectivity index (χ4v) is 3.59. The van der Waals surface area contributed by atoms with Crippen molar-refractivity contribution in [2.24, 2.45) is 0 Å². The zero-order valence-corrected chi connectivity index (χ0v) is 16.0. The first-order chi connectivity index (χ1) is 14.1. The van der Waals surface area contributed by atoms with E-state index in [-0.39, 0.29) is 23.0 Å². The van der Waals surface area contributed by atoms with Crippen LogP contribution in [0.5, 0.6) is 11.5 Å². The van der Waals surface area contributed by atoms with Crippen LogP contribution in [-0.2, 0) is 0 Å². The molecule has 144 valence electrons. The number of aromatic nitrogens is 4. The molecule has 0 spiro atoms. The number of pyridine rings is 1. The Balaban J connectivity index is 1.64. The maximum Gasteiger partial charge on any atom is 0.196 e. The van der Waals surface area contributed by atoms with Gasteiger partial charge in [0.1, 0.15) is 5.69 Å². The molecule has 0 saturated heterocycles. The van der Waals surface area contributed by atoms with Crippen LogP contribution in [0.4, 0.5) is 0 Å². The third kappa shape index (κ3) is 3.97. The average Bonchev–Trinajstić information content (AvgIpc) is 3.19. The van der Waals surface area contributed by atoms with Gasteiger partial charge in [-0.15, -0.1) is 10.2 Å². The zero-order valence-electron chi connectivity index (χ0n) is 15.1. The predicted molar refractivity (Wildman–Crippen MR) is 109 cm³/mol. The van der Waals surface area contributed by atoms with Crippen LogP contribution in [-0.4, -0.2) is 41.5 Å². The van der Waals surface area contributed by atoms with Crippen LogP contribution in [0.1, 0.15) is 10.4 Å². The molecule has 7 nitrogen and oxygen atoms in total. The summed E-state index contributed by atoms with van der Waals surface area (Å²) in [5, 5.41) is 28.1. The molecule has 0 aliphatic rings. The second-order valence-corrected chi connectivity index (χ2v) is 7.05. The van der Waals surface area contributed by atoms with Crippen LogP contribution in [0.15, 0.2) is 78.1 Å². The van der Waals surface area contributed by atoms with Crippen LogP contribution in [0, 0.1) is 0 Å². The van der Waals surface area contributed by atoms with Crippen molar-refractivity contribution in [1.29, 1.82) is 0 Å². The van der Waals surface area contributed by atoms with Gasteiger partial charge >= 0.3 is 0 Å². The van der Waals surface area contributed by atoms with E-state index in [1.807, 2.05) is 53.1 Å². The summed E-state index contributed by atoms with van der Waals surface area (Å²) in [5.41, 5.74) is 1.84. The number of carbonyl (C=O) groups is 1. The second kappa shape index (κ2) is 8.15. The van der Waals surface area contributed by atoms with E-state index in [2.05, 4.69) is 15.2 Å². The molecular formula is C21H16N4O3S. The van der Waals surface area contributed by atoms with Crippen molar-refractivity contribution in [3.63, 3.8) is 0 Å². The quantitative estimate of drug-likeness (QED) is 0.287. The first-order valence-corrected chi connectivity index (χ1v) is 9.72. The summed E-state index contributed by atoms with van der Waals surface area (Å²) >= 11 is 1.24. The molecule has 0 aliphatic carbocycles. The number of para-hydroxylation sites is 1. The van der Waals surface area contributed by atoms with Gasteiger partial charge in [-0.1, -0.05) is 36.0 Å². The Morgan fingerprint density at radius 2 is 1.72 bits per heavy atom. The Bertz CT molecular complexity index is 1150. The summed E-state index contributed by atoms with van der Waals surface area (Å²) in [4.78, 5) is 16.9. The van der Waals surface area contributed by atoms with E-state index in [1.165, 1.54) is 30.0 Å². The van der Waals surface area contributed by atoms with E-state index < -0.39 is 0 Å². The molecule has 29 heavy (non-hydrogen) atoms. The standard InChI is InChI=1S/C21H16N4O3S/c26-17-10-9-14(12-18(17)27)19(28)13-29-21-24-23-20(16-8-4-5-11-22-16)25(21)15-6-2-1-3-7-15/h1-12,26-27H,13H2. The average molecular weight is 404 g/mol. The molecule has 0 unspecified atom stereocenters. The molecule has 8 heteroatoms. The van der Waals surface area contributed by atoms with Crippen molar-refractivity contribution in [2.75, 3.05) is 5.75 Å². The van der Waals surface area contributed by atoms with Gasteiger partial charge in [0.15, 0.2) is 28.3 Å². The molecule has 0 fully saturated rings. The highest BCUT2D eigenvalue weighted by Gasteiger charge is 2.18. The van der Waals surface area contributed by atoms with E-state index in [0.717, 1.165) is 5.69 Å². The number of rotatable bonds is 6. The van der Waals surface area contributed by atoms with E-state index in [0.29, 0.717) is 22.2 Å². The fraction of sp³-hybridized carbons (Fsp3) is 0.0476. The Kier molecular flexibility index (Phi) is 5.26. The Morgan fingerprint density at radius 1 is 0.931 bits per heavy atom. The largest absolute Gasteiger partial charge is 0.504 e. The predicted octanol–water partition coefficient (Wildman–Crippen LogP) is 3.72. The Labute approximate surface area is 170 Å². The highest BCUT2D eigenvalue weighted by Crippen LogP contribution is 2.29. The lowest BCUT2D eigenvalue weighted by atomic mass is 10.1. The van der Waals surface area contributed by atoms with Crippen LogP contribution in [0.25, 0.3) is 17.2 Å². The number of benzene rings is 2. The van der Waals surface area contributed by atoms with Crippen LogP contribution < -0.4 is 0 Å². The van der Waals surface area contributed by atoms with Crippen LogP contribution >= 0.6 is 11.8 Å². The van der Waals surface area contributed by atoms with Gasteiger partial charge < -0.3 is 10.2 Å². The summed E-state index contributed by atoms with van der Waals surface area (Å²) in [6.07, 6.45) is 1.69. The fourth-order valence-electron chi connectivity index (χ4n) is 2.74. The topological polar surface area (TPSA) is 101 Å². The molecule has 2 N–H and O–H groups in total. The van der Waals surface area contributed by atoms with Gasteiger partial charge in [0.05, 0.1) is 5.75 Å². The summed E-state index contributed by atoms with van der Waals surface area (Å²) < 4.78 is 1.86. The lowest BCUT2D eigenvalue weighted by molar-refractivity contribution is 0.102. The molecule has 0 bridgehead atoms. The van der Waals surface area contributed by atoms with Crippen molar-refractivity contribution < 1.29 is 15.0 Å². The molecular weight excluding hydrogens is 388 g/mol. The number of Topliss-reactive ketones (excluding diaryl/α,β-unsaturated/α-hetero) is 1. The summed E-state index contributed by atoms with van der Waals surface area (Å²) in [7, 11) is 0. The van der Waals surface area contributed by atoms with E-state index in [4.69, 9.17) is 0 Å². The van der Waals surface area contributed by atoms with E-state index in [1.54, 1.807) is 6.20 Å². The maximum atomic E-state index is 12.5. The number of hydrogen-bond donors (Lipinski definition) is 2. The van der Waals surface area contributed by atoms with Gasteiger partial charge in [-0.25, -0.2) is 0 Å². The summed E-state index contributed by atoms with van der Waals surface area (Å²) in [6.45, 7) is 0. The number of phenolic OH excluding ortho intramolecular Hbond substituents is 2. The van der Waals surface area contributed by atoms with E-state index >= 15 is 0 Å². The lowest BCUT2D eigenvalue weighted by Gasteiger charge is -2.09. The lowest BCUT2D eigenvalue weighted by Crippen LogP contribution is -2.05. The SMILES string of the molecule is O=C(CSc1nnc(-c2ccccn2)n1-c1ccccc1)c1ccc(O)c(O)c1. The van der Waals surface area contributed by atoms with Gasteiger partial charge in [0.25, 0.3) is 0 Å². The first kappa shape index (κ1) is 18.7. The second-order valence-electron chi connectivity index (χ2n) is 6.11. The molecule has 2 aromatic carbocycles. The zero-order chi connectivity index (χ0) is 20.2. The molecule has 0 atom stereocenters. The number of aromatic hydroxyl groups is 2. The summed E-state index contributed by atoms with van der Waals surface area (Å²) in [5.74, 6) is -0.123. The highest BCUT2D eigenvalue weighted by molar-refractivity contribution is 7.99.